The first-order valence-electron chi connectivity index (χ1n) is 15.9. The molecule has 0 unspecified atom stereocenters. The molecule has 45 heavy (non-hydrogen) atoms. The molecule has 8 heteroatoms. The van der Waals surface area contributed by atoms with Gasteiger partial charge in [-0.1, -0.05) is 63.8 Å². The van der Waals surface area contributed by atoms with Crippen molar-refractivity contribution in [2.24, 2.45) is 0 Å². The van der Waals surface area contributed by atoms with Crippen molar-refractivity contribution >= 4 is 44.9 Å². The van der Waals surface area contributed by atoms with E-state index in [9.17, 15) is 0 Å². The number of imidazole rings is 1. The van der Waals surface area contributed by atoms with Crippen LogP contribution in [0.2, 0.25) is 0 Å². The van der Waals surface area contributed by atoms with Crippen molar-refractivity contribution in [2.75, 3.05) is 36.8 Å². The van der Waals surface area contributed by atoms with Crippen LogP contribution < -0.4 is 16.0 Å². The molecule has 1 fully saturated rings. The maximum atomic E-state index is 4.93. The van der Waals surface area contributed by atoms with Gasteiger partial charge >= 0.3 is 0 Å². The van der Waals surface area contributed by atoms with Crippen LogP contribution >= 0.6 is 11.3 Å². The lowest BCUT2D eigenvalue weighted by atomic mass is 10.1. The summed E-state index contributed by atoms with van der Waals surface area (Å²) in [6.07, 6.45) is 6.09. The number of pyridine rings is 1. The number of nitrogens with zero attached hydrogens (tertiary/aromatic N) is 4. The van der Waals surface area contributed by atoms with Crippen LogP contribution in [0.4, 0.5) is 16.5 Å². The standard InChI is InChI=1S/C35H39N7S.C2H6/c1-24-10-6-7-11-31(24)37-26(3)28-12-15-30(16-13-28)39-35-40-32(23-43-35)34-27(4)38-33-17-14-29(22-42(33)34)25(2)36-18-21-41-19-8-5-9-20-41;1-2/h6-7,10-17,22-23,36-37H,2-3,5,8-9,18-21H2,1,4H3,(H,39,40);1-2H3. The number of fused-ring (bicyclic) bond motifs is 1. The third kappa shape index (κ3) is 7.82. The number of nitrogens with one attached hydrogen (secondary N) is 3. The molecule has 1 saturated heterocycles. The second-order valence-corrected chi connectivity index (χ2v) is 12.0. The second-order valence-electron chi connectivity index (χ2n) is 11.2. The van der Waals surface area contributed by atoms with E-state index < -0.39 is 0 Å². The van der Waals surface area contributed by atoms with E-state index in [1.165, 1.54) is 37.9 Å². The smallest absolute Gasteiger partial charge is 0.187 e. The molecule has 4 heterocycles. The maximum Gasteiger partial charge on any atom is 0.187 e. The topological polar surface area (TPSA) is 69.5 Å². The summed E-state index contributed by atoms with van der Waals surface area (Å²) in [7, 11) is 0. The van der Waals surface area contributed by atoms with Gasteiger partial charge in [0.15, 0.2) is 5.13 Å². The first-order valence-corrected chi connectivity index (χ1v) is 16.8. The number of thiazole rings is 1. The molecule has 5 aromatic rings. The third-order valence-electron chi connectivity index (χ3n) is 8.02. The molecule has 7 nitrogen and oxygen atoms in total. The average molecular weight is 620 g/mol. The van der Waals surface area contributed by atoms with Crippen LogP contribution in [0.1, 0.15) is 55.5 Å². The van der Waals surface area contributed by atoms with Gasteiger partial charge in [-0.05, 0) is 81.2 Å². The number of para-hydroxylation sites is 1. The minimum atomic E-state index is 0.828. The van der Waals surface area contributed by atoms with Gasteiger partial charge in [0.25, 0.3) is 0 Å². The zero-order valence-electron chi connectivity index (χ0n) is 27.0. The van der Waals surface area contributed by atoms with E-state index >= 15 is 0 Å². The van der Waals surface area contributed by atoms with Crippen molar-refractivity contribution in [3.63, 3.8) is 0 Å². The summed E-state index contributed by atoms with van der Waals surface area (Å²) < 4.78 is 2.13. The summed E-state index contributed by atoms with van der Waals surface area (Å²) in [6, 6.07) is 20.6. The molecule has 0 amide bonds. The number of hydrogen-bond donors (Lipinski definition) is 3. The summed E-state index contributed by atoms with van der Waals surface area (Å²) >= 11 is 1.58. The Kier molecular flexibility index (Phi) is 10.7. The van der Waals surface area contributed by atoms with Gasteiger partial charge in [0, 0.05) is 53.0 Å². The zero-order chi connectivity index (χ0) is 31.8. The highest BCUT2D eigenvalue weighted by Gasteiger charge is 2.16. The van der Waals surface area contributed by atoms with Crippen molar-refractivity contribution < 1.29 is 0 Å². The van der Waals surface area contributed by atoms with Crippen LogP contribution in [0.3, 0.4) is 0 Å². The Morgan fingerprint density at radius 1 is 0.867 bits per heavy atom. The molecule has 1 aliphatic heterocycles. The quantitative estimate of drug-likeness (QED) is 0.137. The van der Waals surface area contributed by atoms with Gasteiger partial charge in [-0.3, -0.25) is 4.40 Å². The molecule has 0 radical (unpaired) electrons. The first kappa shape index (κ1) is 32.0. The summed E-state index contributed by atoms with van der Waals surface area (Å²) in [5.41, 5.74) is 10.8. The number of rotatable bonds is 11. The fourth-order valence-electron chi connectivity index (χ4n) is 5.57. The minimum Gasteiger partial charge on any atom is -0.384 e. The van der Waals surface area contributed by atoms with Gasteiger partial charge in [0.1, 0.15) is 11.3 Å². The molecule has 2 aromatic carbocycles. The molecule has 1 aliphatic rings. The molecule has 234 valence electrons. The van der Waals surface area contributed by atoms with Crippen LogP contribution in [0.15, 0.2) is 85.4 Å². The third-order valence-corrected chi connectivity index (χ3v) is 8.78. The highest BCUT2D eigenvalue weighted by Crippen LogP contribution is 2.31. The van der Waals surface area contributed by atoms with Gasteiger partial charge in [-0.2, -0.15) is 0 Å². The Balaban J connectivity index is 0.00000196. The van der Waals surface area contributed by atoms with Crippen molar-refractivity contribution in [3.05, 3.63) is 108 Å². The second kappa shape index (κ2) is 15.1. The molecule has 0 bridgehead atoms. The number of hydrogen-bond acceptors (Lipinski definition) is 7. The first-order chi connectivity index (χ1) is 21.9. The SMILES string of the molecule is C=C(NCCN1CCCCC1)c1ccc2nc(C)c(-c3csc(Nc4ccc(C(=C)Nc5ccccc5C)cc4)n3)n2c1.CC. The van der Waals surface area contributed by atoms with E-state index in [1.54, 1.807) is 11.3 Å². The van der Waals surface area contributed by atoms with E-state index in [0.717, 1.165) is 74.8 Å². The molecular weight excluding hydrogens is 575 g/mol. The Hall–Kier alpha value is -4.40. The van der Waals surface area contributed by atoms with E-state index in [0.29, 0.717) is 0 Å². The summed E-state index contributed by atoms with van der Waals surface area (Å²) in [4.78, 5) is 12.3. The predicted molar refractivity (Wildman–Crippen MR) is 193 cm³/mol. The van der Waals surface area contributed by atoms with Crippen molar-refractivity contribution in [1.29, 1.82) is 0 Å². The number of aromatic nitrogens is 3. The molecular formula is C37H45N7S. The van der Waals surface area contributed by atoms with Crippen molar-refractivity contribution in [3.8, 4) is 11.4 Å². The van der Waals surface area contributed by atoms with Crippen LogP contribution in [-0.2, 0) is 0 Å². The molecule has 0 spiro atoms. The summed E-state index contributed by atoms with van der Waals surface area (Å²) in [6.45, 7) is 21.0. The highest BCUT2D eigenvalue weighted by atomic mass is 32.1. The fraction of sp³-hybridized carbons (Fsp3) is 0.297. The monoisotopic (exact) mass is 619 g/mol. The molecule has 0 aliphatic carbocycles. The molecule has 3 aromatic heterocycles. The van der Waals surface area contributed by atoms with E-state index in [2.05, 4.69) is 105 Å². The molecule has 0 atom stereocenters. The van der Waals surface area contributed by atoms with Crippen LogP contribution in [0, 0.1) is 13.8 Å². The Morgan fingerprint density at radius 3 is 2.36 bits per heavy atom. The predicted octanol–water partition coefficient (Wildman–Crippen LogP) is 8.97. The number of piperidine rings is 1. The van der Waals surface area contributed by atoms with E-state index in [-0.39, 0.29) is 0 Å². The van der Waals surface area contributed by atoms with Gasteiger partial charge in [-0.15, -0.1) is 11.3 Å². The van der Waals surface area contributed by atoms with E-state index in [4.69, 9.17) is 9.97 Å². The van der Waals surface area contributed by atoms with Crippen molar-refractivity contribution in [1.82, 2.24) is 24.6 Å². The highest BCUT2D eigenvalue weighted by molar-refractivity contribution is 7.14. The lowest BCUT2D eigenvalue weighted by Gasteiger charge is -2.26. The average Bonchev–Trinajstić information content (AvgIpc) is 3.66. The lowest BCUT2D eigenvalue weighted by molar-refractivity contribution is 0.232. The van der Waals surface area contributed by atoms with Crippen LogP contribution in [0.5, 0.6) is 0 Å². The number of benzene rings is 2. The Labute approximate surface area is 271 Å². The number of aryl methyl sites for hydroxylation is 2. The lowest BCUT2D eigenvalue weighted by Crippen LogP contribution is -2.35. The number of likely N-dealkylation sites (tertiary alicyclic amines) is 1. The van der Waals surface area contributed by atoms with Gasteiger partial charge < -0.3 is 20.9 Å². The van der Waals surface area contributed by atoms with Crippen LogP contribution in [0.25, 0.3) is 28.4 Å². The van der Waals surface area contributed by atoms with Gasteiger partial charge in [-0.25, -0.2) is 9.97 Å². The Bertz CT molecular complexity index is 1740. The largest absolute Gasteiger partial charge is 0.384 e. The maximum absolute atomic E-state index is 4.93. The van der Waals surface area contributed by atoms with Gasteiger partial charge in [0.2, 0.25) is 0 Å². The van der Waals surface area contributed by atoms with E-state index in [1.807, 2.05) is 32.9 Å². The van der Waals surface area contributed by atoms with Crippen LogP contribution in [-0.4, -0.2) is 45.4 Å². The minimum absolute atomic E-state index is 0.828. The normalized spacial score (nSPS) is 13.2. The van der Waals surface area contributed by atoms with Gasteiger partial charge in [0.05, 0.1) is 11.4 Å². The molecule has 3 N–H and O–H groups in total. The Morgan fingerprint density at radius 2 is 1.60 bits per heavy atom. The van der Waals surface area contributed by atoms with Crippen molar-refractivity contribution in [2.45, 2.75) is 47.0 Å². The fourth-order valence-corrected chi connectivity index (χ4v) is 6.28. The summed E-state index contributed by atoms with van der Waals surface area (Å²) in [5.74, 6) is 0. The summed E-state index contributed by atoms with van der Waals surface area (Å²) in [5, 5.41) is 13.3. The molecule has 0 saturated carbocycles. The zero-order valence-corrected chi connectivity index (χ0v) is 27.8. The molecule has 6 rings (SSSR count). The number of anilines is 3.